The number of rotatable bonds is 8. The minimum Gasteiger partial charge on any atom is -0.367 e. The van der Waals surface area contributed by atoms with E-state index < -0.39 is 0 Å². The Labute approximate surface area is 170 Å². The molecular weight excluding hydrogens is 371 g/mol. The van der Waals surface area contributed by atoms with Crippen molar-refractivity contribution in [1.82, 2.24) is 10.2 Å². The molecule has 1 saturated heterocycles. The first-order valence-electron chi connectivity index (χ1n) is 10.0. The van der Waals surface area contributed by atoms with Gasteiger partial charge in [-0.1, -0.05) is 42.5 Å². The monoisotopic (exact) mass is 398 g/mol. The summed E-state index contributed by atoms with van der Waals surface area (Å²) >= 11 is 0. The first-order valence-corrected chi connectivity index (χ1v) is 10.0. The highest BCUT2D eigenvalue weighted by molar-refractivity contribution is 5.79. The van der Waals surface area contributed by atoms with Gasteiger partial charge in [0.2, 0.25) is 11.8 Å². The average Bonchev–Trinajstić information content (AvgIpc) is 2.73. The molecule has 1 atom stereocenters. The molecular formula is C23H27FN2O3. The molecule has 1 N–H and O–H groups in total. The Balaban J connectivity index is 1.37. The Morgan fingerprint density at radius 1 is 1.10 bits per heavy atom. The fourth-order valence-corrected chi connectivity index (χ4v) is 3.54. The SMILES string of the molecule is O=C(COCc1ccccc1)NCC1CCCN(C(=O)Cc2cccc(F)c2)C1. The zero-order chi connectivity index (χ0) is 20.5. The second kappa shape index (κ2) is 10.7. The molecule has 2 aromatic rings. The van der Waals surface area contributed by atoms with E-state index in [1.165, 1.54) is 12.1 Å². The molecule has 154 valence electrons. The van der Waals surface area contributed by atoms with Gasteiger partial charge in [0.15, 0.2) is 0 Å². The van der Waals surface area contributed by atoms with Crippen molar-refractivity contribution in [3.8, 4) is 0 Å². The lowest BCUT2D eigenvalue weighted by atomic mass is 9.97. The second-order valence-electron chi connectivity index (χ2n) is 7.44. The van der Waals surface area contributed by atoms with Crippen molar-refractivity contribution < 1.29 is 18.7 Å². The third-order valence-electron chi connectivity index (χ3n) is 5.05. The summed E-state index contributed by atoms with van der Waals surface area (Å²) in [6.45, 7) is 2.26. The van der Waals surface area contributed by atoms with Gasteiger partial charge in [0.05, 0.1) is 13.0 Å². The van der Waals surface area contributed by atoms with Gasteiger partial charge in [-0.3, -0.25) is 9.59 Å². The zero-order valence-corrected chi connectivity index (χ0v) is 16.5. The van der Waals surface area contributed by atoms with Gasteiger partial charge in [-0.15, -0.1) is 0 Å². The van der Waals surface area contributed by atoms with Crippen LogP contribution in [0.4, 0.5) is 4.39 Å². The highest BCUT2D eigenvalue weighted by Gasteiger charge is 2.24. The Hall–Kier alpha value is -2.73. The Kier molecular flexibility index (Phi) is 7.76. The zero-order valence-electron chi connectivity index (χ0n) is 16.5. The topological polar surface area (TPSA) is 58.6 Å². The molecule has 1 fully saturated rings. The van der Waals surface area contributed by atoms with Gasteiger partial charge in [-0.2, -0.15) is 0 Å². The first kappa shape index (κ1) is 21.0. The summed E-state index contributed by atoms with van der Waals surface area (Å²) in [7, 11) is 0. The molecule has 29 heavy (non-hydrogen) atoms. The van der Waals surface area contributed by atoms with Crippen molar-refractivity contribution in [3.05, 3.63) is 71.5 Å². The summed E-state index contributed by atoms with van der Waals surface area (Å²) < 4.78 is 18.8. The predicted molar refractivity (Wildman–Crippen MR) is 109 cm³/mol. The molecule has 0 aliphatic carbocycles. The molecule has 0 aromatic heterocycles. The number of ether oxygens (including phenoxy) is 1. The van der Waals surface area contributed by atoms with Crippen LogP contribution < -0.4 is 5.32 Å². The summed E-state index contributed by atoms with van der Waals surface area (Å²) in [5.74, 6) is -0.260. The number of hydrogen-bond donors (Lipinski definition) is 1. The summed E-state index contributed by atoms with van der Waals surface area (Å²) in [6.07, 6.45) is 2.07. The van der Waals surface area contributed by atoms with Crippen molar-refractivity contribution >= 4 is 11.8 Å². The normalized spacial score (nSPS) is 16.4. The molecule has 0 saturated carbocycles. The fraction of sp³-hybridized carbons (Fsp3) is 0.391. The van der Waals surface area contributed by atoms with E-state index in [9.17, 15) is 14.0 Å². The number of carbonyl (C=O) groups is 2. The largest absolute Gasteiger partial charge is 0.367 e. The number of nitrogens with zero attached hydrogens (tertiary/aromatic N) is 1. The number of amides is 2. The van der Waals surface area contributed by atoms with E-state index in [0.29, 0.717) is 31.8 Å². The molecule has 0 bridgehead atoms. The van der Waals surface area contributed by atoms with E-state index in [1.807, 2.05) is 35.2 Å². The highest BCUT2D eigenvalue weighted by Crippen LogP contribution is 2.17. The maximum atomic E-state index is 13.3. The van der Waals surface area contributed by atoms with Crippen LogP contribution >= 0.6 is 0 Å². The molecule has 1 aliphatic heterocycles. The van der Waals surface area contributed by atoms with Crippen LogP contribution in [0.1, 0.15) is 24.0 Å². The number of halogens is 1. The lowest BCUT2D eigenvalue weighted by Crippen LogP contribution is -2.44. The van der Waals surface area contributed by atoms with Crippen LogP contribution in [0, 0.1) is 11.7 Å². The predicted octanol–water partition coefficient (Wildman–Crippen LogP) is 2.94. The first-order chi connectivity index (χ1) is 14.1. The van der Waals surface area contributed by atoms with E-state index in [4.69, 9.17) is 4.74 Å². The van der Waals surface area contributed by atoms with Crippen LogP contribution in [0.25, 0.3) is 0 Å². The van der Waals surface area contributed by atoms with Gasteiger partial charge in [0, 0.05) is 19.6 Å². The minimum atomic E-state index is -0.330. The van der Waals surface area contributed by atoms with Crippen molar-refractivity contribution in [3.63, 3.8) is 0 Å². The van der Waals surface area contributed by atoms with Crippen molar-refractivity contribution in [2.24, 2.45) is 5.92 Å². The molecule has 0 radical (unpaired) electrons. The molecule has 5 nitrogen and oxygen atoms in total. The van der Waals surface area contributed by atoms with Gasteiger partial charge in [0.1, 0.15) is 12.4 Å². The van der Waals surface area contributed by atoms with Gasteiger partial charge < -0.3 is 15.0 Å². The molecule has 2 amide bonds. The van der Waals surface area contributed by atoms with Crippen LogP contribution in [-0.4, -0.2) is 43.0 Å². The Morgan fingerprint density at radius 3 is 2.69 bits per heavy atom. The summed E-state index contributed by atoms with van der Waals surface area (Å²) in [6, 6.07) is 15.9. The minimum absolute atomic E-state index is 0.00202. The van der Waals surface area contributed by atoms with Crippen LogP contribution in [-0.2, 0) is 27.4 Å². The quantitative estimate of drug-likeness (QED) is 0.744. The number of piperidine rings is 1. The fourth-order valence-electron chi connectivity index (χ4n) is 3.54. The van der Waals surface area contributed by atoms with E-state index in [2.05, 4.69) is 5.32 Å². The van der Waals surface area contributed by atoms with Gasteiger partial charge in [-0.05, 0) is 42.0 Å². The van der Waals surface area contributed by atoms with Crippen molar-refractivity contribution in [1.29, 1.82) is 0 Å². The summed E-state index contributed by atoms with van der Waals surface area (Å²) in [5.41, 5.74) is 1.71. The molecule has 1 unspecified atom stereocenters. The highest BCUT2D eigenvalue weighted by atomic mass is 19.1. The molecule has 6 heteroatoms. The third-order valence-corrected chi connectivity index (χ3v) is 5.05. The number of carbonyl (C=O) groups excluding carboxylic acids is 2. The van der Waals surface area contributed by atoms with Crippen LogP contribution in [0.5, 0.6) is 0 Å². The van der Waals surface area contributed by atoms with E-state index >= 15 is 0 Å². The lowest BCUT2D eigenvalue weighted by Gasteiger charge is -2.33. The number of nitrogens with one attached hydrogen (secondary N) is 1. The summed E-state index contributed by atoms with van der Waals surface area (Å²) in [4.78, 5) is 26.4. The molecule has 0 spiro atoms. The standard InChI is InChI=1S/C23H27FN2O3/c24-21-10-4-8-19(12-21)13-23(28)26-11-5-9-20(15-26)14-25-22(27)17-29-16-18-6-2-1-3-7-18/h1-4,6-8,10,12,20H,5,9,11,13-17H2,(H,25,27). The van der Waals surface area contributed by atoms with E-state index in [0.717, 1.165) is 18.4 Å². The smallest absolute Gasteiger partial charge is 0.246 e. The molecule has 1 heterocycles. The van der Waals surface area contributed by atoms with E-state index in [-0.39, 0.29) is 36.6 Å². The van der Waals surface area contributed by atoms with Crippen LogP contribution in [0.3, 0.4) is 0 Å². The maximum absolute atomic E-state index is 13.3. The average molecular weight is 398 g/mol. The molecule has 1 aliphatic rings. The van der Waals surface area contributed by atoms with Gasteiger partial charge in [0.25, 0.3) is 0 Å². The number of benzene rings is 2. The Bertz CT molecular complexity index is 813. The lowest BCUT2D eigenvalue weighted by molar-refractivity contribution is -0.132. The molecule has 3 rings (SSSR count). The van der Waals surface area contributed by atoms with Gasteiger partial charge >= 0.3 is 0 Å². The van der Waals surface area contributed by atoms with Gasteiger partial charge in [-0.25, -0.2) is 4.39 Å². The number of hydrogen-bond acceptors (Lipinski definition) is 3. The summed E-state index contributed by atoms with van der Waals surface area (Å²) in [5, 5.41) is 2.90. The second-order valence-corrected chi connectivity index (χ2v) is 7.44. The van der Waals surface area contributed by atoms with Crippen molar-refractivity contribution in [2.45, 2.75) is 25.9 Å². The Morgan fingerprint density at radius 2 is 1.90 bits per heavy atom. The van der Waals surface area contributed by atoms with Crippen LogP contribution in [0.15, 0.2) is 54.6 Å². The van der Waals surface area contributed by atoms with E-state index in [1.54, 1.807) is 12.1 Å². The van der Waals surface area contributed by atoms with Crippen molar-refractivity contribution in [2.75, 3.05) is 26.2 Å². The third kappa shape index (κ3) is 6.98. The van der Waals surface area contributed by atoms with Crippen LogP contribution in [0.2, 0.25) is 0 Å². The number of likely N-dealkylation sites (tertiary alicyclic amines) is 1. The molecule has 2 aromatic carbocycles. The maximum Gasteiger partial charge on any atom is 0.246 e.